The highest BCUT2D eigenvalue weighted by molar-refractivity contribution is 5.36. The third-order valence-corrected chi connectivity index (χ3v) is 2.31. The van der Waals surface area contributed by atoms with Gasteiger partial charge in [-0.3, -0.25) is 0 Å². The fraction of sp³-hybridized carbons (Fsp3) is 0.727. The van der Waals surface area contributed by atoms with Gasteiger partial charge in [0.25, 0.3) is 0 Å². The molecule has 1 heterocycles. The summed E-state index contributed by atoms with van der Waals surface area (Å²) < 4.78 is 5.46. The molecule has 1 aromatic heterocycles. The molecule has 0 radical (unpaired) electrons. The van der Waals surface area contributed by atoms with Gasteiger partial charge in [-0.2, -0.15) is 15.0 Å². The third-order valence-electron chi connectivity index (χ3n) is 2.31. The maximum atomic E-state index is 5.46. The van der Waals surface area contributed by atoms with Crippen LogP contribution in [-0.2, 0) is 4.74 Å². The zero-order valence-electron chi connectivity index (χ0n) is 10.9. The largest absolute Gasteiger partial charge is 0.381 e. The number of unbranched alkanes of at least 4 members (excludes halogenated alkanes) is 2. The summed E-state index contributed by atoms with van der Waals surface area (Å²) in [5, 5.41) is 3.05. The van der Waals surface area contributed by atoms with Gasteiger partial charge >= 0.3 is 0 Å². The molecule has 5 N–H and O–H groups in total. The second-order valence-corrected chi connectivity index (χ2v) is 3.98. The van der Waals surface area contributed by atoms with Gasteiger partial charge in [0.05, 0.1) is 0 Å². The van der Waals surface area contributed by atoms with E-state index in [-0.39, 0.29) is 11.9 Å². The fourth-order valence-corrected chi connectivity index (χ4v) is 1.37. The van der Waals surface area contributed by atoms with Crippen LogP contribution in [-0.4, -0.2) is 34.7 Å². The van der Waals surface area contributed by atoms with E-state index in [1.54, 1.807) is 0 Å². The first kappa shape index (κ1) is 14.4. The average molecular weight is 254 g/mol. The minimum atomic E-state index is 0.132. The summed E-state index contributed by atoms with van der Waals surface area (Å²) in [5.41, 5.74) is 10.9. The lowest BCUT2D eigenvalue weighted by Crippen LogP contribution is -2.10. The predicted octanol–water partition coefficient (Wildman–Crippen LogP) is 1.04. The summed E-state index contributed by atoms with van der Waals surface area (Å²) in [5.74, 6) is 0.688. The van der Waals surface area contributed by atoms with Gasteiger partial charge in [0.15, 0.2) is 0 Å². The number of ether oxygens (including phenoxy) is 1. The minimum absolute atomic E-state index is 0.132. The maximum absolute atomic E-state index is 5.46. The van der Waals surface area contributed by atoms with Gasteiger partial charge < -0.3 is 21.5 Å². The quantitative estimate of drug-likeness (QED) is 0.564. The molecule has 0 spiro atoms. The molecule has 0 aromatic carbocycles. The number of aromatic nitrogens is 3. The lowest BCUT2D eigenvalue weighted by molar-refractivity contribution is 0.128. The molecule has 0 bridgehead atoms. The molecule has 0 saturated carbocycles. The van der Waals surface area contributed by atoms with Crippen molar-refractivity contribution < 1.29 is 4.74 Å². The van der Waals surface area contributed by atoms with Crippen LogP contribution < -0.4 is 16.8 Å². The number of hydrogen-bond donors (Lipinski definition) is 3. The van der Waals surface area contributed by atoms with Crippen molar-refractivity contribution in [2.24, 2.45) is 0 Å². The lowest BCUT2D eigenvalue weighted by Gasteiger charge is -2.06. The van der Waals surface area contributed by atoms with Crippen LogP contribution in [0.5, 0.6) is 0 Å². The van der Waals surface area contributed by atoms with E-state index in [9.17, 15) is 0 Å². The number of nitrogens with one attached hydrogen (secondary N) is 1. The number of hydrogen-bond acceptors (Lipinski definition) is 7. The zero-order valence-corrected chi connectivity index (χ0v) is 10.9. The topological polar surface area (TPSA) is 112 Å². The molecule has 0 amide bonds. The van der Waals surface area contributed by atoms with Crippen LogP contribution in [0.1, 0.15) is 32.6 Å². The molecule has 0 atom stereocenters. The van der Waals surface area contributed by atoms with E-state index in [4.69, 9.17) is 16.2 Å². The first-order valence-electron chi connectivity index (χ1n) is 6.31. The van der Waals surface area contributed by atoms with Crippen LogP contribution in [0.15, 0.2) is 0 Å². The Morgan fingerprint density at radius 2 is 1.67 bits per heavy atom. The normalized spacial score (nSPS) is 10.5. The first-order chi connectivity index (χ1) is 8.72. The van der Waals surface area contributed by atoms with E-state index in [0.29, 0.717) is 5.95 Å². The second kappa shape index (κ2) is 8.46. The minimum Gasteiger partial charge on any atom is -0.381 e. The Morgan fingerprint density at radius 1 is 1.00 bits per heavy atom. The van der Waals surface area contributed by atoms with E-state index >= 15 is 0 Å². The van der Waals surface area contributed by atoms with Gasteiger partial charge in [-0.1, -0.05) is 13.3 Å². The number of nitrogens with two attached hydrogens (primary N) is 2. The highest BCUT2D eigenvalue weighted by atomic mass is 16.5. The highest BCUT2D eigenvalue weighted by Crippen LogP contribution is 2.03. The molecule has 1 rings (SSSR count). The fourth-order valence-electron chi connectivity index (χ4n) is 1.37. The number of rotatable bonds is 9. The van der Waals surface area contributed by atoms with Gasteiger partial charge in [-0.15, -0.1) is 0 Å². The van der Waals surface area contributed by atoms with Crippen molar-refractivity contribution in [3.63, 3.8) is 0 Å². The monoisotopic (exact) mass is 254 g/mol. The Morgan fingerprint density at radius 3 is 2.33 bits per heavy atom. The van der Waals surface area contributed by atoms with Gasteiger partial charge in [0, 0.05) is 19.8 Å². The van der Waals surface area contributed by atoms with Crippen molar-refractivity contribution in [2.75, 3.05) is 36.5 Å². The Labute approximate surface area is 107 Å². The molecule has 0 aliphatic rings. The van der Waals surface area contributed by atoms with Crippen molar-refractivity contribution >= 4 is 17.8 Å². The van der Waals surface area contributed by atoms with E-state index in [1.165, 1.54) is 6.42 Å². The van der Waals surface area contributed by atoms with Crippen molar-refractivity contribution in [3.8, 4) is 0 Å². The molecule has 102 valence electrons. The Hall–Kier alpha value is -1.63. The molecule has 7 nitrogen and oxygen atoms in total. The first-order valence-corrected chi connectivity index (χ1v) is 6.31. The summed E-state index contributed by atoms with van der Waals surface area (Å²) in [6.07, 6.45) is 4.29. The molecule has 0 saturated heterocycles. The predicted molar refractivity (Wildman–Crippen MR) is 72.1 cm³/mol. The molecular formula is C11H22N6O. The average Bonchev–Trinajstić information content (AvgIpc) is 2.31. The number of nitrogen functional groups attached to an aromatic ring is 2. The summed E-state index contributed by atoms with van der Waals surface area (Å²) in [6.45, 7) is 4.56. The standard InChI is InChI=1S/C11H22N6O/c1-2-3-7-18-8-5-4-6-14-11-16-9(12)15-10(13)17-11/h2-8H2,1H3,(H5,12,13,14,15,16,17). The summed E-state index contributed by atoms with van der Waals surface area (Å²) >= 11 is 0. The van der Waals surface area contributed by atoms with Crippen LogP contribution in [0.3, 0.4) is 0 Å². The van der Waals surface area contributed by atoms with E-state index in [2.05, 4.69) is 27.2 Å². The number of nitrogens with zero attached hydrogens (tertiary/aromatic N) is 3. The Bertz CT molecular complexity index is 326. The molecular weight excluding hydrogens is 232 g/mol. The van der Waals surface area contributed by atoms with Crippen molar-refractivity contribution in [1.82, 2.24) is 15.0 Å². The van der Waals surface area contributed by atoms with Crippen LogP contribution in [0.25, 0.3) is 0 Å². The van der Waals surface area contributed by atoms with E-state index in [0.717, 1.165) is 39.0 Å². The molecule has 0 aliphatic heterocycles. The molecule has 7 heteroatoms. The second-order valence-electron chi connectivity index (χ2n) is 3.98. The maximum Gasteiger partial charge on any atom is 0.229 e. The SMILES string of the molecule is CCCCOCCCCNc1nc(N)nc(N)n1. The molecule has 0 fully saturated rings. The van der Waals surface area contributed by atoms with Gasteiger partial charge in [0.1, 0.15) is 0 Å². The lowest BCUT2D eigenvalue weighted by atomic mass is 10.3. The summed E-state index contributed by atoms with van der Waals surface area (Å²) in [7, 11) is 0. The van der Waals surface area contributed by atoms with E-state index in [1.807, 2.05) is 0 Å². The van der Waals surface area contributed by atoms with Crippen LogP contribution in [0.2, 0.25) is 0 Å². The van der Waals surface area contributed by atoms with Crippen LogP contribution in [0.4, 0.5) is 17.8 Å². The highest BCUT2D eigenvalue weighted by Gasteiger charge is 2.00. The van der Waals surface area contributed by atoms with Gasteiger partial charge in [-0.25, -0.2) is 0 Å². The summed E-state index contributed by atoms with van der Waals surface area (Å²) in [6, 6.07) is 0. The Kier molecular flexibility index (Phi) is 6.78. The zero-order chi connectivity index (χ0) is 13.2. The number of anilines is 3. The van der Waals surface area contributed by atoms with Crippen LogP contribution >= 0.6 is 0 Å². The van der Waals surface area contributed by atoms with Crippen molar-refractivity contribution in [1.29, 1.82) is 0 Å². The molecule has 18 heavy (non-hydrogen) atoms. The van der Waals surface area contributed by atoms with Crippen molar-refractivity contribution in [2.45, 2.75) is 32.6 Å². The molecule has 1 aromatic rings. The smallest absolute Gasteiger partial charge is 0.229 e. The van der Waals surface area contributed by atoms with Gasteiger partial charge in [0.2, 0.25) is 17.8 Å². The molecule has 0 aliphatic carbocycles. The van der Waals surface area contributed by atoms with Gasteiger partial charge in [-0.05, 0) is 19.3 Å². The molecule has 0 unspecified atom stereocenters. The van der Waals surface area contributed by atoms with Crippen molar-refractivity contribution in [3.05, 3.63) is 0 Å². The summed E-state index contributed by atoms with van der Waals surface area (Å²) in [4.78, 5) is 11.5. The third kappa shape index (κ3) is 6.19. The van der Waals surface area contributed by atoms with E-state index < -0.39 is 0 Å². The Balaban J connectivity index is 2.07. The van der Waals surface area contributed by atoms with Crippen LogP contribution in [0, 0.1) is 0 Å².